The number of likely N-dealkylation sites (tertiary alicyclic amines) is 2. The van der Waals surface area contributed by atoms with Crippen LogP contribution in [0.5, 0.6) is 0 Å². The first-order chi connectivity index (χ1) is 15.0. The van der Waals surface area contributed by atoms with Crippen LogP contribution in [0.3, 0.4) is 0 Å². The predicted octanol–water partition coefficient (Wildman–Crippen LogP) is 1.81. The number of rotatable bonds is 4. The maximum Gasteiger partial charge on any atom is 0.251 e. The van der Waals surface area contributed by atoms with E-state index in [9.17, 15) is 19.5 Å². The number of benzene rings is 1. The number of hydrogen-bond donors (Lipinski definition) is 2. The number of amides is 3. The summed E-state index contributed by atoms with van der Waals surface area (Å²) in [7, 11) is 0. The molecule has 2 saturated heterocycles. The third kappa shape index (κ3) is 4.92. The van der Waals surface area contributed by atoms with E-state index in [4.69, 9.17) is 0 Å². The fraction of sp³-hybridized carbons (Fsp3) is 0.625. The molecule has 7 heteroatoms. The van der Waals surface area contributed by atoms with Crippen LogP contribution in [-0.4, -0.2) is 71.0 Å². The molecule has 1 aromatic carbocycles. The predicted molar refractivity (Wildman–Crippen MR) is 116 cm³/mol. The van der Waals surface area contributed by atoms with Crippen LogP contribution < -0.4 is 5.32 Å². The average Bonchev–Trinajstić information content (AvgIpc) is 2.82. The first-order valence-electron chi connectivity index (χ1n) is 11.6. The van der Waals surface area contributed by atoms with Gasteiger partial charge in [-0.15, -0.1) is 0 Å². The Hall–Kier alpha value is -2.41. The van der Waals surface area contributed by atoms with Crippen molar-refractivity contribution in [2.45, 2.75) is 50.5 Å². The second-order valence-corrected chi connectivity index (χ2v) is 9.31. The van der Waals surface area contributed by atoms with E-state index >= 15 is 0 Å². The molecule has 3 aliphatic rings. The van der Waals surface area contributed by atoms with Crippen molar-refractivity contribution in [3.8, 4) is 0 Å². The van der Waals surface area contributed by atoms with Gasteiger partial charge in [-0.2, -0.15) is 0 Å². The number of carbonyl (C=O) groups is 3. The van der Waals surface area contributed by atoms with Gasteiger partial charge in [0.25, 0.3) is 5.91 Å². The third-order valence-electron chi connectivity index (χ3n) is 7.30. The average molecular weight is 428 g/mol. The Kier molecular flexibility index (Phi) is 6.60. The van der Waals surface area contributed by atoms with Gasteiger partial charge in [0.2, 0.25) is 11.8 Å². The van der Waals surface area contributed by atoms with E-state index in [0.29, 0.717) is 38.2 Å². The zero-order valence-corrected chi connectivity index (χ0v) is 18.1. The Labute approximate surface area is 183 Å². The molecule has 3 fully saturated rings. The molecule has 2 N–H and O–H groups in total. The van der Waals surface area contributed by atoms with E-state index in [1.165, 1.54) is 0 Å². The van der Waals surface area contributed by atoms with Crippen LogP contribution in [0.2, 0.25) is 0 Å². The standard InChI is InChI=1S/C24H33N3O4/c28-21(15-25-22(29)18-7-2-1-3-8-18)26-13-6-9-19(16-26)23(30)27-14-12-24(31)11-5-4-10-20(24)17-27/h1-3,7-8,19-20,31H,4-6,9-17H2,(H,25,29). The molecule has 0 aromatic heterocycles. The molecular formula is C24H33N3O4. The molecule has 0 bridgehead atoms. The van der Waals surface area contributed by atoms with Crippen LogP contribution in [0.15, 0.2) is 30.3 Å². The van der Waals surface area contributed by atoms with Crippen molar-refractivity contribution in [3.05, 3.63) is 35.9 Å². The molecule has 2 aliphatic heterocycles. The molecule has 1 saturated carbocycles. The highest BCUT2D eigenvalue weighted by atomic mass is 16.3. The highest BCUT2D eigenvalue weighted by Crippen LogP contribution is 2.40. The molecular weight excluding hydrogens is 394 g/mol. The lowest BCUT2D eigenvalue weighted by Gasteiger charge is -2.48. The molecule has 168 valence electrons. The van der Waals surface area contributed by atoms with E-state index in [1.54, 1.807) is 29.2 Å². The van der Waals surface area contributed by atoms with E-state index in [0.717, 1.165) is 38.5 Å². The van der Waals surface area contributed by atoms with Gasteiger partial charge in [0.05, 0.1) is 18.1 Å². The second kappa shape index (κ2) is 9.39. The maximum atomic E-state index is 13.2. The van der Waals surface area contributed by atoms with Crippen molar-refractivity contribution >= 4 is 17.7 Å². The lowest BCUT2D eigenvalue weighted by molar-refractivity contribution is -0.150. The highest BCUT2D eigenvalue weighted by molar-refractivity contribution is 5.96. The Morgan fingerprint density at radius 2 is 1.77 bits per heavy atom. The van der Waals surface area contributed by atoms with Crippen LogP contribution in [-0.2, 0) is 9.59 Å². The molecule has 3 atom stereocenters. The Bertz CT molecular complexity index is 814. The lowest BCUT2D eigenvalue weighted by atomic mass is 9.71. The number of carbonyl (C=O) groups excluding carboxylic acids is 3. The molecule has 1 aromatic rings. The van der Waals surface area contributed by atoms with Gasteiger partial charge in [-0.05, 0) is 44.2 Å². The minimum Gasteiger partial charge on any atom is -0.389 e. The summed E-state index contributed by atoms with van der Waals surface area (Å²) in [5, 5.41) is 13.6. The molecule has 3 unspecified atom stereocenters. The van der Waals surface area contributed by atoms with Crippen LogP contribution in [0.4, 0.5) is 0 Å². The molecule has 7 nitrogen and oxygen atoms in total. The lowest BCUT2D eigenvalue weighted by Crippen LogP contribution is -2.57. The Morgan fingerprint density at radius 3 is 2.58 bits per heavy atom. The quantitative estimate of drug-likeness (QED) is 0.767. The zero-order valence-electron chi connectivity index (χ0n) is 18.1. The summed E-state index contributed by atoms with van der Waals surface area (Å²) in [6.45, 7) is 2.19. The first-order valence-corrected chi connectivity index (χ1v) is 11.6. The number of fused-ring (bicyclic) bond motifs is 1. The monoisotopic (exact) mass is 427 g/mol. The van der Waals surface area contributed by atoms with Gasteiger partial charge < -0.3 is 20.2 Å². The van der Waals surface area contributed by atoms with Crippen molar-refractivity contribution in [2.75, 3.05) is 32.7 Å². The molecule has 2 heterocycles. The molecule has 4 rings (SSSR count). The molecule has 31 heavy (non-hydrogen) atoms. The largest absolute Gasteiger partial charge is 0.389 e. The minimum absolute atomic E-state index is 0.0620. The highest BCUT2D eigenvalue weighted by Gasteiger charge is 2.44. The molecule has 0 spiro atoms. The Balaban J connectivity index is 1.29. The van der Waals surface area contributed by atoms with Gasteiger partial charge in [0.1, 0.15) is 0 Å². The van der Waals surface area contributed by atoms with Crippen LogP contribution in [0.1, 0.15) is 55.3 Å². The van der Waals surface area contributed by atoms with Crippen LogP contribution in [0, 0.1) is 11.8 Å². The number of nitrogens with one attached hydrogen (secondary N) is 1. The summed E-state index contributed by atoms with van der Waals surface area (Å²) >= 11 is 0. The van der Waals surface area contributed by atoms with Gasteiger partial charge >= 0.3 is 0 Å². The van der Waals surface area contributed by atoms with Gasteiger partial charge in [0.15, 0.2) is 0 Å². The molecule has 0 radical (unpaired) electrons. The van der Waals surface area contributed by atoms with E-state index < -0.39 is 5.60 Å². The summed E-state index contributed by atoms with van der Waals surface area (Å²) in [6.07, 6.45) is 6.25. The van der Waals surface area contributed by atoms with Crippen LogP contribution in [0.25, 0.3) is 0 Å². The van der Waals surface area contributed by atoms with Crippen molar-refractivity contribution in [1.82, 2.24) is 15.1 Å². The Morgan fingerprint density at radius 1 is 0.968 bits per heavy atom. The number of nitrogens with zero attached hydrogens (tertiary/aromatic N) is 2. The maximum absolute atomic E-state index is 13.2. The van der Waals surface area contributed by atoms with Crippen molar-refractivity contribution in [3.63, 3.8) is 0 Å². The van der Waals surface area contributed by atoms with Gasteiger partial charge in [-0.3, -0.25) is 14.4 Å². The van der Waals surface area contributed by atoms with Gasteiger partial charge in [-0.25, -0.2) is 0 Å². The van der Waals surface area contributed by atoms with E-state index in [-0.39, 0.29) is 36.1 Å². The summed E-state index contributed by atoms with van der Waals surface area (Å²) in [5.74, 6) is -0.335. The topological polar surface area (TPSA) is 90.0 Å². The fourth-order valence-electron chi connectivity index (χ4n) is 5.39. The fourth-order valence-corrected chi connectivity index (χ4v) is 5.39. The summed E-state index contributed by atoms with van der Waals surface area (Å²) in [4.78, 5) is 41.7. The summed E-state index contributed by atoms with van der Waals surface area (Å²) in [6, 6.07) is 8.82. The van der Waals surface area contributed by atoms with Crippen molar-refractivity contribution < 1.29 is 19.5 Å². The second-order valence-electron chi connectivity index (χ2n) is 9.31. The SMILES string of the molecule is O=C(NCC(=O)N1CCCC(C(=O)N2CCC3(O)CCCCC3C2)C1)c1ccccc1. The van der Waals surface area contributed by atoms with Gasteiger partial charge in [-0.1, -0.05) is 31.0 Å². The van der Waals surface area contributed by atoms with Gasteiger partial charge in [0, 0.05) is 37.7 Å². The van der Waals surface area contributed by atoms with Crippen molar-refractivity contribution in [1.29, 1.82) is 0 Å². The number of hydrogen-bond acceptors (Lipinski definition) is 4. The summed E-state index contributed by atoms with van der Waals surface area (Å²) < 4.78 is 0. The first kappa shape index (κ1) is 21.8. The normalized spacial score (nSPS) is 28.5. The van der Waals surface area contributed by atoms with Crippen LogP contribution >= 0.6 is 0 Å². The molecule has 1 aliphatic carbocycles. The molecule has 3 amide bonds. The third-order valence-corrected chi connectivity index (χ3v) is 7.30. The minimum atomic E-state index is -0.597. The zero-order chi connectivity index (χ0) is 21.8. The summed E-state index contributed by atoms with van der Waals surface area (Å²) in [5.41, 5.74) is -0.0737. The number of aliphatic hydroxyl groups is 1. The van der Waals surface area contributed by atoms with E-state index in [2.05, 4.69) is 5.32 Å². The van der Waals surface area contributed by atoms with Crippen molar-refractivity contribution in [2.24, 2.45) is 11.8 Å². The van der Waals surface area contributed by atoms with E-state index in [1.807, 2.05) is 11.0 Å². The smallest absolute Gasteiger partial charge is 0.251 e. The number of piperidine rings is 2.